The molecule has 3 N–H and O–H groups in total. The molecule has 0 fully saturated rings. The van der Waals surface area contributed by atoms with Gasteiger partial charge in [0.1, 0.15) is 6.10 Å². The number of hydrogen-bond acceptors (Lipinski definition) is 7. The Kier molecular flexibility index (Phi) is 39.8. The summed E-state index contributed by atoms with van der Waals surface area (Å²) < 4.78 is 33.4. The summed E-state index contributed by atoms with van der Waals surface area (Å²) in [6.45, 7) is 4.95. The van der Waals surface area contributed by atoms with E-state index in [1.165, 1.54) is 161 Å². The van der Waals surface area contributed by atoms with Gasteiger partial charge in [0.15, 0.2) is 0 Å². The Balaban J connectivity index is 3.95. The molecule has 9 heteroatoms. The van der Waals surface area contributed by atoms with E-state index < -0.39 is 13.9 Å². The fraction of sp³-hybridized carbons (Fsp3) is 0.929. The molecule has 0 saturated heterocycles. The molecule has 2 atom stereocenters. The number of allylic oxidation sites excluding steroid dienone is 2. The first-order valence-corrected chi connectivity index (χ1v) is 23.2. The highest BCUT2D eigenvalue weighted by molar-refractivity contribution is 7.47. The lowest BCUT2D eigenvalue weighted by atomic mass is 10.0. The maximum atomic E-state index is 12.5. The van der Waals surface area contributed by atoms with E-state index >= 15 is 0 Å². The lowest BCUT2D eigenvalue weighted by Crippen LogP contribution is -2.28. The third-order valence-corrected chi connectivity index (χ3v) is 10.4. The molecule has 0 aliphatic rings. The molecule has 0 aliphatic heterocycles. The molecule has 0 saturated carbocycles. The normalized spacial score (nSPS) is 13.6. The van der Waals surface area contributed by atoms with Crippen LogP contribution in [0.1, 0.15) is 213 Å². The Bertz CT molecular complexity index is 797. The van der Waals surface area contributed by atoms with Gasteiger partial charge >= 0.3 is 13.8 Å². The molecule has 0 heterocycles. The van der Waals surface area contributed by atoms with Crippen LogP contribution in [-0.2, 0) is 27.9 Å². The predicted octanol–water partition coefficient (Wildman–Crippen LogP) is 12.7. The van der Waals surface area contributed by atoms with Crippen LogP contribution in [0.4, 0.5) is 0 Å². The largest absolute Gasteiger partial charge is 0.472 e. The monoisotopic (exact) mass is 746 g/mol. The first-order chi connectivity index (χ1) is 24.9. The summed E-state index contributed by atoms with van der Waals surface area (Å²) in [6.07, 6.45) is 42.3. The van der Waals surface area contributed by atoms with Gasteiger partial charge < -0.3 is 20.1 Å². The van der Waals surface area contributed by atoms with Crippen molar-refractivity contribution in [3.8, 4) is 0 Å². The van der Waals surface area contributed by atoms with Crippen molar-refractivity contribution in [3.63, 3.8) is 0 Å². The number of unbranched alkanes of at least 4 members (excludes halogenated alkanes) is 27. The Morgan fingerprint density at radius 1 is 0.569 bits per heavy atom. The van der Waals surface area contributed by atoms with Gasteiger partial charge in [-0.05, 0) is 38.5 Å². The van der Waals surface area contributed by atoms with Crippen molar-refractivity contribution in [3.05, 3.63) is 12.2 Å². The van der Waals surface area contributed by atoms with Gasteiger partial charge in [-0.3, -0.25) is 13.8 Å². The summed E-state index contributed by atoms with van der Waals surface area (Å²) >= 11 is 0. The molecule has 0 bridgehead atoms. The van der Waals surface area contributed by atoms with Crippen LogP contribution in [0.15, 0.2) is 12.2 Å². The second kappa shape index (κ2) is 40.4. The molecular weight excluding hydrogens is 661 g/mol. The number of phosphoric ester groups is 1. The van der Waals surface area contributed by atoms with Gasteiger partial charge in [0, 0.05) is 19.6 Å². The van der Waals surface area contributed by atoms with Crippen molar-refractivity contribution in [2.75, 3.05) is 33.0 Å². The van der Waals surface area contributed by atoms with Crippen LogP contribution in [0.3, 0.4) is 0 Å². The Hall–Kier alpha value is -0.760. The average molecular weight is 746 g/mol. The number of ether oxygens (including phenoxy) is 2. The molecule has 8 nitrogen and oxygen atoms in total. The van der Waals surface area contributed by atoms with Crippen molar-refractivity contribution in [2.24, 2.45) is 5.73 Å². The second-order valence-electron chi connectivity index (χ2n) is 14.6. The highest BCUT2D eigenvalue weighted by Gasteiger charge is 2.25. The van der Waals surface area contributed by atoms with Gasteiger partial charge in [-0.1, -0.05) is 180 Å². The van der Waals surface area contributed by atoms with Crippen molar-refractivity contribution in [1.29, 1.82) is 0 Å². The van der Waals surface area contributed by atoms with Gasteiger partial charge in [-0.2, -0.15) is 0 Å². The molecule has 0 amide bonds. The van der Waals surface area contributed by atoms with E-state index in [2.05, 4.69) is 26.0 Å². The molecular formula is C42H84NO7P. The number of phosphoric acid groups is 1. The van der Waals surface area contributed by atoms with Gasteiger partial charge in [0.2, 0.25) is 0 Å². The van der Waals surface area contributed by atoms with Gasteiger partial charge in [0.25, 0.3) is 0 Å². The quantitative estimate of drug-likeness (QED) is 0.0274. The average Bonchev–Trinajstić information content (AvgIpc) is 3.12. The van der Waals surface area contributed by atoms with Gasteiger partial charge in [0.05, 0.1) is 19.8 Å². The molecule has 304 valence electrons. The Morgan fingerprint density at radius 2 is 0.980 bits per heavy atom. The summed E-state index contributed by atoms with van der Waals surface area (Å²) in [5.74, 6) is -0.328. The smallest absolute Gasteiger partial charge is 0.457 e. The van der Waals surface area contributed by atoms with Gasteiger partial charge in [-0.15, -0.1) is 0 Å². The molecule has 0 aromatic rings. The number of rotatable bonds is 42. The third kappa shape index (κ3) is 40.3. The first-order valence-electron chi connectivity index (χ1n) is 21.7. The maximum Gasteiger partial charge on any atom is 0.472 e. The van der Waals surface area contributed by atoms with Crippen molar-refractivity contribution in [2.45, 2.75) is 219 Å². The summed E-state index contributed by atoms with van der Waals surface area (Å²) in [5, 5.41) is 0. The van der Waals surface area contributed by atoms with Crippen LogP contribution in [0.5, 0.6) is 0 Å². The van der Waals surface area contributed by atoms with Crippen LogP contribution in [-0.4, -0.2) is 49.9 Å². The van der Waals surface area contributed by atoms with E-state index in [4.69, 9.17) is 24.3 Å². The molecule has 2 unspecified atom stereocenters. The Morgan fingerprint density at radius 3 is 1.43 bits per heavy atom. The van der Waals surface area contributed by atoms with Crippen molar-refractivity contribution >= 4 is 13.8 Å². The van der Waals surface area contributed by atoms with Crippen molar-refractivity contribution < 1.29 is 32.8 Å². The number of carbonyl (C=O) groups excluding carboxylic acids is 1. The van der Waals surface area contributed by atoms with Crippen LogP contribution in [0.2, 0.25) is 0 Å². The minimum absolute atomic E-state index is 0.0923. The van der Waals surface area contributed by atoms with Crippen LogP contribution in [0, 0.1) is 0 Å². The minimum atomic E-state index is -4.27. The van der Waals surface area contributed by atoms with E-state index in [1.807, 2.05) is 0 Å². The van der Waals surface area contributed by atoms with E-state index in [9.17, 15) is 14.3 Å². The highest BCUT2D eigenvalue weighted by atomic mass is 31.2. The zero-order valence-corrected chi connectivity index (χ0v) is 34.5. The topological polar surface area (TPSA) is 117 Å². The molecule has 0 aromatic carbocycles. The number of esters is 1. The standard InChI is InChI=1S/C42H84NO7P/c1-3-5-7-9-11-13-15-17-18-19-20-21-22-23-24-26-28-30-32-34-37-47-39-41(40-49-51(45,46)48-38-36-43)50-42(44)35-33-31-29-27-25-16-14-12-10-8-6-4-2/h17-18,41H,3-16,19-40,43H2,1-2H3,(H,45,46)/b18-17-. The number of carbonyl (C=O) groups is 1. The third-order valence-electron chi connectivity index (χ3n) is 9.43. The lowest BCUT2D eigenvalue weighted by Gasteiger charge is -2.20. The molecule has 0 aliphatic carbocycles. The van der Waals surface area contributed by atoms with E-state index in [0.29, 0.717) is 13.0 Å². The molecule has 0 rings (SSSR count). The summed E-state index contributed by atoms with van der Waals surface area (Å²) in [6, 6.07) is 0. The molecule has 0 radical (unpaired) electrons. The van der Waals surface area contributed by atoms with Crippen LogP contribution in [0.25, 0.3) is 0 Å². The summed E-state index contributed by atoms with van der Waals surface area (Å²) in [7, 11) is -4.27. The fourth-order valence-electron chi connectivity index (χ4n) is 6.23. The van der Waals surface area contributed by atoms with E-state index in [0.717, 1.165) is 32.1 Å². The fourth-order valence-corrected chi connectivity index (χ4v) is 6.99. The minimum Gasteiger partial charge on any atom is -0.457 e. The predicted molar refractivity (Wildman–Crippen MR) is 215 cm³/mol. The summed E-state index contributed by atoms with van der Waals surface area (Å²) in [4.78, 5) is 22.4. The Labute approximate surface area is 315 Å². The first kappa shape index (κ1) is 50.2. The van der Waals surface area contributed by atoms with E-state index in [-0.39, 0.29) is 32.3 Å². The van der Waals surface area contributed by atoms with Crippen LogP contribution >= 0.6 is 7.82 Å². The zero-order valence-electron chi connectivity index (χ0n) is 33.6. The zero-order chi connectivity index (χ0) is 37.4. The SMILES string of the molecule is CCCCCCCC/C=C\CCCCCCCCCCCCOCC(COP(=O)(O)OCCN)OC(=O)CCCCCCCCCCCCCC. The number of hydrogen-bond donors (Lipinski definition) is 2. The maximum absolute atomic E-state index is 12.5. The van der Waals surface area contributed by atoms with E-state index in [1.54, 1.807) is 0 Å². The molecule has 0 aromatic heterocycles. The molecule has 0 spiro atoms. The highest BCUT2D eigenvalue weighted by Crippen LogP contribution is 2.43. The van der Waals surface area contributed by atoms with Crippen LogP contribution < -0.4 is 5.73 Å². The molecule has 51 heavy (non-hydrogen) atoms. The van der Waals surface area contributed by atoms with Gasteiger partial charge in [-0.25, -0.2) is 4.57 Å². The summed E-state index contributed by atoms with van der Waals surface area (Å²) in [5.41, 5.74) is 5.36. The lowest BCUT2D eigenvalue weighted by molar-refractivity contribution is -0.154. The second-order valence-corrected chi connectivity index (χ2v) is 16.0. The van der Waals surface area contributed by atoms with Crippen molar-refractivity contribution in [1.82, 2.24) is 0 Å². The number of nitrogens with two attached hydrogens (primary N) is 1.